The van der Waals surface area contributed by atoms with Crippen molar-refractivity contribution in [1.29, 1.82) is 0 Å². The molecule has 0 aromatic carbocycles. The molecule has 1 amide bonds. The van der Waals surface area contributed by atoms with Crippen molar-refractivity contribution in [3.8, 4) is 22.0 Å². The van der Waals surface area contributed by atoms with Gasteiger partial charge < -0.3 is 19.8 Å². The minimum atomic E-state index is -4.92. The standard InChI is InChI=1S/C25H28F2N7O6PS/c1-2-39-17-5-3-15(4-6-17)10-33-12-19(23(32-33)22-18(26)7-8-21(27)31-22)29-24(35)20-13-42-25(30-20)16-9-28-34(11-16)14-40-41(36,37)38/h7-9,11-13,15,17H,2-6,10,14H2,1H3,(H,29,35)(H2,36,37,38)/p-1. The van der Waals surface area contributed by atoms with Gasteiger partial charge in [0.1, 0.15) is 28.8 Å². The second-order valence-corrected chi connectivity index (χ2v) is 11.7. The SMILES string of the molecule is CCOC1CCC(Cn2cc(NC(=O)c3csc(-c4cnn(COP(=O)([O-])O)c4)n3)c(-c3nc(F)ccc3F)n2)CC1. The normalized spacial score (nSPS) is 18.6. The van der Waals surface area contributed by atoms with Crippen LogP contribution in [0.1, 0.15) is 43.1 Å². The second-order valence-electron chi connectivity index (χ2n) is 9.66. The van der Waals surface area contributed by atoms with E-state index in [1.807, 2.05) is 6.92 Å². The molecule has 1 unspecified atom stereocenters. The van der Waals surface area contributed by atoms with E-state index in [4.69, 9.17) is 9.63 Å². The molecule has 1 saturated carbocycles. The van der Waals surface area contributed by atoms with Gasteiger partial charge in [-0.05, 0) is 50.7 Å². The third-order valence-corrected chi connectivity index (χ3v) is 7.99. The average molecular weight is 623 g/mol. The molecule has 0 spiro atoms. The molecule has 0 saturated heterocycles. The molecule has 0 radical (unpaired) electrons. The van der Waals surface area contributed by atoms with E-state index < -0.39 is 32.2 Å². The van der Waals surface area contributed by atoms with Crippen molar-refractivity contribution in [2.24, 2.45) is 5.92 Å². The maximum atomic E-state index is 14.7. The zero-order valence-electron chi connectivity index (χ0n) is 22.4. The number of ether oxygens (including phenoxy) is 1. The summed E-state index contributed by atoms with van der Waals surface area (Å²) in [5.41, 5.74) is 0.312. The molecule has 17 heteroatoms. The molecule has 5 rings (SSSR count). The summed E-state index contributed by atoms with van der Waals surface area (Å²) in [5, 5.41) is 13.0. The third kappa shape index (κ3) is 7.51. The number of pyridine rings is 1. The highest BCUT2D eigenvalue weighted by Crippen LogP contribution is 2.33. The Morgan fingerprint density at radius 2 is 1.98 bits per heavy atom. The summed E-state index contributed by atoms with van der Waals surface area (Å²) >= 11 is 1.13. The summed E-state index contributed by atoms with van der Waals surface area (Å²) in [7, 11) is -4.92. The van der Waals surface area contributed by atoms with Gasteiger partial charge in [-0.3, -0.25) is 18.6 Å². The van der Waals surface area contributed by atoms with Crippen LogP contribution in [0.25, 0.3) is 22.0 Å². The summed E-state index contributed by atoms with van der Waals surface area (Å²) in [4.78, 5) is 40.7. The minimum Gasteiger partial charge on any atom is -0.756 e. The van der Waals surface area contributed by atoms with Gasteiger partial charge >= 0.3 is 0 Å². The Bertz CT molecular complexity index is 1600. The minimum absolute atomic E-state index is 0.0142. The summed E-state index contributed by atoms with van der Waals surface area (Å²) in [5.74, 6) is -2.00. The Labute approximate surface area is 242 Å². The topological polar surface area (TPSA) is 169 Å². The number of phosphoric ester groups is 1. The predicted molar refractivity (Wildman–Crippen MR) is 145 cm³/mol. The Morgan fingerprint density at radius 3 is 2.71 bits per heavy atom. The molecule has 42 heavy (non-hydrogen) atoms. The molecule has 1 atom stereocenters. The zero-order valence-corrected chi connectivity index (χ0v) is 24.1. The van der Waals surface area contributed by atoms with Crippen LogP contribution in [0, 0.1) is 17.7 Å². The van der Waals surface area contributed by atoms with Crippen LogP contribution in [0.15, 0.2) is 36.1 Å². The number of halogens is 2. The van der Waals surface area contributed by atoms with E-state index in [2.05, 4.69) is 30.0 Å². The molecule has 1 fully saturated rings. The zero-order chi connectivity index (χ0) is 29.9. The maximum Gasteiger partial charge on any atom is 0.275 e. The number of rotatable bonds is 11. The van der Waals surface area contributed by atoms with Crippen molar-refractivity contribution in [2.45, 2.75) is 52.0 Å². The number of nitrogens with zero attached hydrogens (tertiary/aromatic N) is 6. The van der Waals surface area contributed by atoms with E-state index in [0.717, 1.165) is 53.8 Å². The average Bonchev–Trinajstić information content (AvgIpc) is 3.70. The fourth-order valence-electron chi connectivity index (χ4n) is 4.72. The Balaban J connectivity index is 1.33. The first-order valence-electron chi connectivity index (χ1n) is 13.1. The molecule has 1 aliphatic carbocycles. The van der Waals surface area contributed by atoms with E-state index in [9.17, 15) is 23.0 Å². The van der Waals surface area contributed by atoms with Crippen molar-refractivity contribution in [3.63, 3.8) is 0 Å². The largest absolute Gasteiger partial charge is 0.756 e. The fourth-order valence-corrected chi connectivity index (χ4v) is 5.76. The Kier molecular flexibility index (Phi) is 9.20. The number of phosphoric acid groups is 1. The molecule has 13 nitrogen and oxygen atoms in total. The molecule has 4 heterocycles. The summed E-state index contributed by atoms with van der Waals surface area (Å²) in [6, 6.07) is 1.85. The smallest absolute Gasteiger partial charge is 0.275 e. The quantitative estimate of drug-likeness (QED) is 0.185. The van der Waals surface area contributed by atoms with E-state index >= 15 is 0 Å². The van der Waals surface area contributed by atoms with Crippen LogP contribution in [-0.4, -0.2) is 53.0 Å². The molecule has 2 N–H and O–H groups in total. The summed E-state index contributed by atoms with van der Waals surface area (Å²) in [6.45, 7) is 2.62. The Hall–Kier alpha value is -3.40. The molecule has 4 aromatic rings. The van der Waals surface area contributed by atoms with E-state index in [1.54, 1.807) is 10.9 Å². The molecular weight excluding hydrogens is 595 g/mol. The number of carbonyl (C=O) groups excluding carboxylic acids is 1. The summed E-state index contributed by atoms with van der Waals surface area (Å²) < 4.78 is 52.3. The van der Waals surface area contributed by atoms with Gasteiger partial charge in [0.15, 0.2) is 5.82 Å². The number of nitrogens with one attached hydrogen (secondary N) is 1. The van der Waals surface area contributed by atoms with Gasteiger partial charge in [0, 0.05) is 36.5 Å². The van der Waals surface area contributed by atoms with Crippen LogP contribution in [0.2, 0.25) is 0 Å². The lowest BCUT2D eigenvalue weighted by atomic mass is 9.87. The lowest BCUT2D eigenvalue weighted by molar-refractivity contribution is -0.223. The fraction of sp³-hybridized carbons (Fsp3) is 0.400. The number of thiazole rings is 1. The van der Waals surface area contributed by atoms with Gasteiger partial charge in [0.25, 0.3) is 13.7 Å². The van der Waals surface area contributed by atoms with Gasteiger partial charge in [-0.2, -0.15) is 14.6 Å². The van der Waals surface area contributed by atoms with Crippen molar-refractivity contribution >= 4 is 30.8 Å². The molecular formula is C25H27F2N7O6PS-. The number of anilines is 1. The van der Waals surface area contributed by atoms with E-state index in [0.29, 0.717) is 29.6 Å². The van der Waals surface area contributed by atoms with E-state index in [-0.39, 0.29) is 28.9 Å². The number of amides is 1. The third-order valence-electron chi connectivity index (χ3n) is 6.66. The highest BCUT2D eigenvalue weighted by molar-refractivity contribution is 7.44. The molecule has 0 aliphatic heterocycles. The van der Waals surface area contributed by atoms with Gasteiger partial charge in [-0.1, -0.05) is 0 Å². The lowest BCUT2D eigenvalue weighted by Gasteiger charge is -2.28. The van der Waals surface area contributed by atoms with Crippen molar-refractivity contribution < 1.29 is 37.2 Å². The maximum absolute atomic E-state index is 14.7. The number of hydrogen-bond acceptors (Lipinski definition) is 10. The van der Waals surface area contributed by atoms with Crippen molar-refractivity contribution in [2.75, 3.05) is 11.9 Å². The van der Waals surface area contributed by atoms with Gasteiger partial charge in [0.05, 0.1) is 18.0 Å². The molecule has 1 aliphatic rings. The molecule has 0 bridgehead atoms. The van der Waals surface area contributed by atoms with Gasteiger partial charge in [-0.25, -0.2) is 19.0 Å². The first-order valence-corrected chi connectivity index (χ1v) is 15.4. The first-order chi connectivity index (χ1) is 20.1. The molecule has 224 valence electrons. The van der Waals surface area contributed by atoms with Crippen LogP contribution < -0.4 is 10.2 Å². The number of carbonyl (C=O) groups is 1. The number of aromatic nitrogens is 6. The van der Waals surface area contributed by atoms with E-state index in [1.165, 1.54) is 17.8 Å². The summed E-state index contributed by atoms with van der Waals surface area (Å²) in [6.07, 6.45) is 8.33. The highest BCUT2D eigenvalue weighted by Gasteiger charge is 2.25. The predicted octanol–water partition coefficient (Wildman–Crippen LogP) is 3.83. The van der Waals surface area contributed by atoms with Crippen LogP contribution in [0.5, 0.6) is 0 Å². The lowest BCUT2D eigenvalue weighted by Crippen LogP contribution is -2.24. The van der Waals surface area contributed by atoms with Crippen LogP contribution >= 0.6 is 19.2 Å². The first kappa shape index (κ1) is 30.1. The second kappa shape index (κ2) is 12.9. The molecule has 4 aromatic heterocycles. The van der Waals surface area contributed by atoms with Gasteiger partial charge in [0.2, 0.25) is 5.95 Å². The van der Waals surface area contributed by atoms with Crippen molar-refractivity contribution in [3.05, 3.63) is 53.6 Å². The highest BCUT2D eigenvalue weighted by atomic mass is 32.1. The van der Waals surface area contributed by atoms with Gasteiger partial charge in [-0.15, -0.1) is 11.3 Å². The van der Waals surface area contributed by atoms with Crippen LogP contribution in [-0.2, 0) is 27.1 Å². The Morgan fingerprint density at radius 1 is 1.19 bits per heavy atom. The van der Waals surface area contributed by atoms with Crippen molar-refractivity contribution in [1.82, 2.24) is 29.5 Å². The van der Waals surface area contributed by atoms with Crippen LogP contribution in [0.3, 0.4) is 0 Å². The number of hydrogen-bond donors (Lipinski definition) is 2. The monoisotopic (exact) mass is 622 g/mol. The van der Waals surface area contributed by atoms with Crippen LogP contribution in [0.4, 0.5) is 14.5 Å².